The van der Waals surface area contributed by atoms with Crippen molar-refractivity contribution in [3.8, 4) is 0 Å². The van der Waals surface area contributed by atoms with Crippen LogP contribution in [0.5, 0.6) is 0 Å². The van der Waals surface area contributed by atoms with Crippen LogP contribution in [0.4, 0.5) is 0 Å². The number of rotatable bonds is 1. The standard InChI is InChI=1S/C8H10N2O2/c11-3-8-6-4-12-2-1-7(6)9-5-10-8/h5,11H,1-4H2. The third-order valence-electron chi connectivity index (χ3n) is 2.00. The highest BCUT2D eigenvalue weighted by atomic mass is 16.5. The van der Waals surface area contributed by atoms with Gasteiger partial charge in [0.05, 0.1) is 31.2 Å². The van der Waals surface area contributed by atoms with Gasteiger partial charge in [-0.05, 0) is 0 Å². The van der Waals surface area contributed by atoms with Gasteiger partial charge in [0.2, 0.25) is 0 Å². The zero-order valence-electron chi connectivity index (χ0n) is 6.66. The van der Waals surface area contributed by atoms with Gasteiger partial charge in [0.15, 0.2) is 0 Å². The molecule has 0 saturated heterocycles. The Balaban J connectivity index is 2.44. The largest absolute Gasteiger partial charge is 0.390 e. The van der Waals surface area contributed by atoms with E-state index in [1.807, 2.05) is 0 Å². The first kappa shape index (κ1) is 7.64. The summed E-state index contributed by atoms with van der Waals surface area (Å²) in [6.07, 6.45) is 2.32. The van der Waals surface area contributed by atoms with E-state index in [-0.39, 0.29) is 6.61 Å². The second-order valence-corrected chi connectivity index (χ2v) is 2.71. The van der Waals surface area contributed by atoms with Crippen LogP contribution in [0.3, 0.4) is 0 Å². The van der Waals surface area contributed by atoms with Gasteiger partial charge < -0.3 is 9.84 Å². The molecule has 0 spiro atoms. The Hall–Kier alpha value is -1.00. The summed E-state index contributed by atoms with van der Waals surface area (Å²) in [5, 5.41) is 8.95. The van der Waals surface area contributed by atoms with E-state index in [1.54, 1.807) is 0 Å². The molecule has 0 unspecified atom stereocenters. The van der Waals surface area contributed by atoms with Crippen molar-refractivity contribution in [3.63, 3.8) is 0 Å². The molecular weight excluding hydrogens is 156 g/mol. The quantitative estimate of drug-likeness (QED) is 0.640. The Labute approximate surface area is 70.2 Å². The molecule has 1 aliphatic rings. The highest BCUT2D eigenvalue weighted by molar-refractivity contribution is 5.24. The summed E-state index contributed by atoms with van der Waals surface area (Å²) in [4.78, 5) is 8.10. The molecule has 0 amide bonds. The van der Waals surface area contributed by atoms with Gasteiger partial charge in [-0.1, -0.05) is 0 Å². The van der Waals surface area contributed by atoms with Crippen molar-refractivity contribution in [3.05, 3.63) is 23.3 Å². The minimum Gasteiger partial charge on any atom is -0.390 e. The Bertz CT molecular complexity index is 274. The molecule has 0 saturated carbocycles. The monoisotopic (exact) mass is 166 g/mol. The van der Waals surface area contributed by atoms with E-state index in [0.29, 0.717) is 12.3 Å². The van der Waals surface area contributed by atoms with Crippen molar-refractivity contribution >= 4 is 0 Å². The number of nitrogens with zero attached hydrogens (tertiary/aromatic N) is 2. The lowest BCUT2D eigenvalue weighted by atomic mass is 10.1. The zero-order chi connectivity index (χ0) is 8.39. The Morgan fingerprint density at radius 1 is 1.50 bits per heavy atom. The third-order valence-corrected chi connectivity index (χ3v) is 2.00. The van der Waals surface area contributed by atoms with Gasteiger partial charge in [0.25, 0.3) is 0 Å². The van der Waals surface area contributed by atoms with Gasteiger partial charge in [-0.25, -0.2) is 9.97 Å². The fourth-order valence-electron chi connectivity index (χ4n) is 1.35. The van der Waals surface area contributed by atoms with Crippen LogP contribution in [0.25, 0.3) is 0 Å². The Morgan fingerprint density at radius 3 is 3.25 bits per heavy atom. The second kappa shape index (κ2) is 3.16. The molecule has 0 radical (unpaired) electrons. The molecule has 64 valence electrons. The first-order chi connectivity index (χ1) is 5.92. The summed E-state index contributed by atoms with van der Waals surface area (Å²) < 4.78 is 5.25. The first-order valence-corrected chi connectivity index (χ1v) is 3.92. The number of aliphatic hydroxyl groups excluding tert-OH is 1. The van der Waals surface area contributed by atoms with Crippen molar-refractivity contribution in [1.29, 1.82) is 0 Å². The van der Waals surface area contributed by atoms with Crippen LogP contribution in [0.1, 0.15) is 17.0 Å². The SMILES string of the molecule is OCc1ncnc2c1COCC2. The summed E-state index contributed by atoms with van der Waals surface area (Å²) >= 11 is 0. The average Bonchev–Trinajstić information content (AvgIpc) is 2.17. The molecular formula is C8H10N2O2. The number of aliphatic hydroxyl groups is 1. The zero-order valence-corrected chi connectivity index (χ0v) is 6.66. The fourth-order valence-corrected chi connectivity index (χ4v) is 1.35. The van der Waals surface area contributed by atoms with Gasteiger partial charge in [-0.15, -0.1) is 0 Å². The van der Waals surface area contributed by atoms with E-state index >= 15 is 0 Å². The lowest BCUT2D eigenvalue weighted by Crippen LogP contribution is -2.15. The molecule has 2 heterocycles. The molecule has 2 rings (SSSR count). The normalized spacial score (nSPS) is 15.8. The number of ether oxygens (including phenoxy) is 1. The molecule has 0 fully saturated rings. The number of hydrogen-bond donors (Lipinski definition) is 1. The van der Waals surface area contributed by atoms with Crippen LogP contribution in [0, 0.1) is 0 Å². The van der Waals surface area contributed by atoms with Crippen molar-refractivity contribution in [2.24, 2.45) is 0 Å². The molecule has 0 aliphatic carbocycles. The topological polar surface area (TPSA) is 55.2 Å². The van der Waals surface area contributed by atoms with Gasteiger partial charge in [0.1, 0.15) is 6.33 Å². The Morgan fingerprint density at radius 2 is 2.42 bits per heavy atom. The van der Waals surface area contributed by atoms with E-state index in [2.05, 4.69) is 9.97 Å². The number of hydrogen-bond acceptors (Lipinski definition) is 4. The fraction of sp³-hybridized carbons (Fsp3) is 0.500. The summed E-state index contributed by atoms with van der Waals surface area (Å²) in [5.74, 6) is 0. The van der Waals surface area contributed by atoms with Crippen molar-refractivity contribution in [1.82, 2.24) is 9.97 Å². The molecule has 12 heavy (non-hydrogen) atoms. The molecule has 1 aliphatic heterocycles. The molecule has 1 aromatic heterocycles. The maximum atomic E-state index is 8.95. The highest BCUT2D eigenvalue weighted by Crippen LogP contribution is 2.16. The predicted molar refractivity (Wildman–Crippen MR) is 41.3 cm³/mol. The van der Waals surface area contributed by atoms with Crippen LogP contribution in [0.15, 0.2) is 6.33 Å². The molecule has 4 nitrogen and oxygen atoms in total. The van der Waals surface area contributed by atoms with E-state index in [4.69, 9.17) is 9.84 Å². The summed E-state index contributed by atoms with van der Waals surface area (Å²) in [6.45, 7) is 1.22. The van der Waals surface area contributed by atoms with Crippen LogP contribution in [-0.2, 0) is 24.4 Å². The van der Waals surface area contributed by atoms with E-state index < -0.39 is 0 Å². The molecule has 0 bridgehead atoms. The molecule has 4 heteroatoms. The van der Waals surface area contributed by atoms with E-state index in [1.165, 1.54) is 6.33 Å². The van der Waals surface area contributed by atoms with E-state index in [0.717, 1.165) is 24.3 Å². The van der Waals surface area contributed by atoms with Gasteiger partial charge in [-0.3, -0.25) is 0 Å². The van der Waals surface area contributed by atoms with Gasteiger partial charge >= 0.3 is 0 Å². The van der Waals surface area contributed by atoms with Crippen LogP contribution >= 0.6 is 0 Å². The second-order valence-electron chi connectivity index (χ2n) is 2.71. The van der Waals surface area contributed by atoms with Crippen LogP contribution in [-0.4, -0.2) is 21.7 Å². The van der Waals surface area contributed by atoms with Gasteiger partial charge in [0, 0.05) is 12.0 Å². The van der Waals surface area contributed by atoms with E-state index in [9.17, 15) is 0 Å². The first-order valence-electron chi connectivity index (χ1n) is 3.92. The number of fused-ring (bicyclic) bond motifs is 1. The summed E-state index contributed by atoms with van der Waals surface area (Å²) in [7, 11) is 0. The maximum Gasteiger partial charge on any atom is 0.116 e. The lowest BCUT2D eigenvalue weighted by molar-refractivity contribution is 0.106. The smallest absolute Gasteiger partial charge is 0.116 e. The minimum absolute atomic E-state index is 0.0335. The molecule has 0 atom stereocenters. The van der Waals surface area contributed by atoms with Crippen molar-refractivity contribution in [2.45, 2.75) is 19.6 Å². The summed E-state index contributed by atoms with van der Waals surface area (Å²) in [5.41, 5.74) is 2.67. The predicted octanol–water partition coefficient (Wildman–Crippen LogP) is 0.0416. The van der Waals surface area contributed by atoms with Gasteiger partial charge in [-0.2, -0.15) is 0 Å². The lowest BCUT2D eigenvalue weighted by Gasteiger charge is -2.16. The van der Waals surface area contributed by atoms with Crippen LogP contribution < -0.4 is 0 Å². The average molecular weight is 166 g/mol. The van der Waals surface area contributed by atoms with Crippen LogP contribution in [0.2, 0.25) is 0 Å². The maximum absolute atomic E-state index is 8.95. The highest BCUT2D eigenvalue weighted by Gasteiger charge is 2.14. The number of aromatic nitrogens is 2. The van der Waals surface area contributed by atoms with Crippen molar-refractivity contribution < 1.29 is 9.84 Å². The molecule has 1 N–H and O–H groups in total. The Kier molecular flexibility index (Phi) is 2.01. The minimum atomic E-state index is -0.0335. The molecule has 1 aromatic rings. The third kappa shape index (κ3) is 1.19. The van der Waals surface area contributed by atoms with Crippen molar-refractivity contribution in [2.75, 3.05) is 6.61 Å². The summed E-state index contributed by atoms with van der Waals surface area (Å²) in [6, 6.07) is 0. The molecule has 0 aromatic carbocycles.